The van der Waals surface area contributed by atoms with E-state index in [4.69, 9.17) is 25.8 Å². The van der Waals surface area contributed by atoms with Crippen molar-refractivity contribution in [1.29, 1.82) is 0 Å². The van der Waals surface area contributed by atoms with Crippen LogP contribution in [0.15, 0.2) is 42.5 Å². The van der Waals surface area contributed by atoms with Crippen molar-refractivity contribution in [1.82, 2.24) is 0 Å². The smallest absolute Gasteiger partial charge is 0.119 e. The van der Waals surface area contributed by atoms with Gasteiger partial charge >= 0.3 is 0 Å². The average Bonchev–Trinajstić information content (AvgIpc) is 2.72. The largest absolute Gasteiger partial charge is 0.494 e. The van der Waals surface area contributed by atoms with Crippen molar-refractivity contribution in [2.45, 2.75) is 43.9 Å². The highest BCUT2D eigenvalue weighted by atomic mass is 35.5. The van der Waals surface area contributed by atoms with E-state index in [0.29, 0.717) is 23.6 Å². The molecule has 1 heterocycles. The first-order valence-corrected chi connectivity index (χ1v) is 10.0. The van der Waals surface area contributed by atoms with Crippen LogP contribution in [0.2, 0.25) is 5.02 Å². The highest BCUT2D eigenvalue weighted by molar-refractivity contribution is 6.31. The van der Waals surface area contributed by atoms with Crippen LogP contribution in [0, 0.1) is 0 Å². The number of aliphatic hydroxyl groups excluding tert-OH is 3. The molecule has 0 radical (unpaired) electrons. The second-order valence-corrected chi connectivity index (χ2v) is 7.53. The van der Waals surface area contributed by atoms with Crippen molar-refractivity contribution in [2.24, 2.45) is 0 Å². The zero-order valence-electron chi connectivity index (χ0n) is 16.5. The van der Waals surface area contributed by atoms with Crippen LogP contribution in [0.25, 0.3) is 0 Å². The fraction of sp³-hybridized carbons (Fsp3) is 0.455. The first kappa shape index (κ1) is 22.0. The Balaban J connectivity index is 1.82. The number of rotatable bonds is 7. The molecule has 6 nitrogen and oxygen atoms in total. The third kappa shape index (κ3) is 5.09. The molecule has 158 valence electrons. The van der Waals surface area contributed by atoms with E-state index < -0.39 is 30.5 Å². The van der Waals surface area contributed by atoms with Crippen LogP contribution in [0.3, 0.4) is 0 Å². The molecular weight excluding hydrogens is 396 g/mol. The number of hydrogen-bond acceptors (Lipinski definition) is 6. The summed E-state index contributed by atoms with van der Waals surface area (Å²) in [6.45, 7) is 2.66. The van der Waals surface area contributed by atoms with E-state index in [1.165, 1.54) is 7.11 Å². The van der Waals surface area contributed by atoms with Crippen molar-refractivity contribution in [3.63, 3.8) is 0 Å². The predicted octanol–water partition coefficient (Wildman–Crippen LogP) is 2.50. The minimum atomic E-state index is -1.33. The van der Waals surface area contributed by atoms with Crippen LogP contribution in [0.1, 0.15) is 29.7 Å². The first-order valence-electron chi connectivity index (χ1n) is 9.63. The summed E-state index contributed by atoms with van der Waals surface area (Å²) in [6.07, 6.45) is -4.78. The van der Waals surface area contributed by atoms with Crippen LogP contribution in [0.4, 0.5) is 0 Å². The third-order valence-corrected chi connectivity index (χ3v) is 5.44. The molecule has 2 aromatic carbocycles. The van der Waals surface area contributed by atoms with E-state index in [-0.39, 0.29) is 6.61 Å². The summed E-state index contributed by atoms with van der Waals surface area (Å²) < 4.78 is 16.4. The first-order chi connectivity index (χ1) is 13.9. The molecule has 1 saturated heterocycles. The topological polar surface area (TPSA) is 88.4 Å². The third-order valence-electron chi connectivity index (χ3n) is 5.07. The molecule has 1 aliphatic rings. The molecule has 2 aromatic rings. The summed E-state index contributed by atoms with van der Waals surface area (Å²) in [5.74, 6) is 0.812. The quantitative estimate of drug-likeness (QED) is 0.635. The minimum absolute atomic E-state index is 0.105. The lowest BCUT2D eigenvalue weighted by molar-refractivity contribution is -0.233. The zero-order valence-corrected chi connectivity index (χ0v) is 17.2. The maximum absolute atomic E-state index is 10.5. The molecule has 0 bridgehead atoms. The minimum Gasteiger partial charge on any atom is -0.494 e. The van der Waals surface area contributed by atoms with Gasteiger partial charge in [0.05, 0.1) is 13.2 Å². The normalized spacial score (nSPS) is 27.0. The Morgan fingerprint density at radius 3 is 2.38 bits per heavy atom. The monoisotopic (exact) mass is 422 g/mol. The standard InChI is InChI=1S/C22H27ClO6/c1-3-28-16-7-4-13(5-8-16)10-15-11-14(6-9-17(15)23)22-21(26)20(25)19(24)18(29-22)12-27-2/h4-9,11,18-22,24-26H,3,10,12H2,1-2H3/t18?,19-,20+,21-,22?/m1/s1. The summed E-state index contributed by atoms with van der Waals surface area (Å²) >= 11 is 6.40. The zero-order chi connectivity index (χ0) is 21.0. The number of hydrogen-bond donors (Lipinski definition) is 3. The Morgan fingerprint density at radius 1 is 1.00 bits per heavy atom. The lowest BCUT2D eigenvalue weighted by Crippen LogP contribution is -2.55. The van der Waals surface area contributed by atoms with Gasteiger partial charge in [-0.3, -0.25) is 0 Å². The van der Waals surface area contributed by atoms with E-state index in [1.807, 2.05) is 37.3 Å². The maximum Gasteiger partial charge on any atom is 0.119 e. The lowest BCUT2D eigenvalue weighted by atomic mass is 9.90. The van der Waals surface area contributed by atoms with Crippen molar-refractivity contribution >= 4 is 11.6 Å². The van der Waals surface area contributed by atoms with Crippen LogP contribution in [-0.2, 0) is 15.9 Å². The Bertz CT molecular complexity index is 796. The van der Waals surface area contributed by atoms with Gasteiger partial charge in [-0.2, -0.15) is 0 Å². The Kier molecular flexibility index (Phi) is 7.51. The maximum atomic E-state index is 10.5. The summed E-state index contributed by atoms with van der Waals surface area (Å²) in [5.41, 5.74) is 2.60. The summed E-state index contributed by atoms with van der Waals surface area (Å²) in [6, 6.07) is 13.2. The Labute approximate surface area is 175 Å². The van der Waals surface area contributed by atoms with Crippen molar-refractivity contribution in [3.8, 4) is 5.75 Å². The average molecular weight is 423 g/mol. The van der Waals surface area contributed by atoms with Crippen LogP contribution < -0.4 is 4.74 Å². The molecule has 7 heteroatoms. The second kappa shape index (κ2) is 9.89. The molecule has 3 rings (SSSR count). The van der Waals surface area contributed by atoms with Crippen molar-refractivity contribution in [2.75, 3.05) is 20.3 Å². The SMILES string of the molecule is CCOc1ccc(Cc2cc(C3OC(COC)[C@@H](O)[C@H](O)[C@H]3O)ccc2Cl)cc1. The van der Waals surface area contributed by atoms with Crippen molar-refractivity contribution < 1.29 is 29.5 Å². The van der Waals surface area contributed by atoms with E-state index >= 15 is 0 Å². The summed E-state index contributed by atoms with van der Waals surface area (Å²) in [7, 11) is 1.49. The second-order valence-electron chi connectivity index (χ2n) is 7.13. The highest BCUT2D eigenvalue weighted by Gasteiger charge is 2.44. The van der Waals surface area contributed by atoms with E-state index in [1.54, 1.807) is 12.1 Å². The van der Waals surface area contributed by atoms with Crippen LogP contribution >= 0.6 is 11.6 Å². The Hall–Kier alpha value is -1.67. The summed E-state index contributed by atoms with van der Waals surface area (Å²) in [5, 5.41) is 31.4. The number of halogens is 1. The van der Waals surface area contributed by atoms with Gasteiger partial charge in [-0.25, -0.2) is 0 Å². The predicted molar refractivity (Wildman–Crippen MR) is 109 cm³/mol. The van der Waals surface area contributed by atoms with Crippen LogP contribution in [0.5, 0.6) is 5.75 Å². The van der Waals surface area contributed by atoms with Gasteiger partial charge in [0, 0.05) is 12.1 Å². The van der Waals surface area contributed by atoms with Crippen LogP contribution in [-0.4, -0.2) is 60.1 Å². The lowest BCUT2D eigenvalue weighted by Gasteiger charge is -2.40. The van der Waals surface area contributed by atoms with Gasteiger partial charge in [-0.15, -0.1) is 0 Å². The number of methoxy groups -OCH3 is 1. The molecule has 0 amide bonds. The number of ether oxygens (including phenoxy) is 3. The molecule has 3 N–H and O–H groups in total. The molecule has 1 aliphatic heterocycles. The van der Waals surface area contributed by atoms with E-state index in [2.05, 4.69) is 0 Å². The molecule has 2 unspecified atom stereocenters. The molecule has 0 aromatic heterocycles. The molecule has 0 aliphatic carbocycles. The van der Waals surface area contributed by atoms with Gasteiger partial charge in [0.15, 0.2) is 0 Å². The highest BCUT2D eigenvalue weighted by Crippen LogP contribution is 2.34. The van der Waals surface area contributed by atoms with E-state index in [0.717, 1.165) is 16.9 Å². The fourth-order valence-corrected chi connectivity index (χ4v) is 3.71. The molecule has 1 fully saturated rings. The number of benzene rings is 2. The van der Waals surface area contributed by atoms with Crippen molar-refractivity contribution in [3.05, 3.63) is 64.2 Å². The van der Waals surface area contributed by atoms with Gasteiger partial charge in [-0.05, 0) is 48.2 Å². The van der Waals surface area contributed by atoms with Gasteiger partial charge in [0.2, 0.25) is 0 Å². The molecule has 5 atom stereocenters. The molecule has 0 saturated carbocycles. The van der Waals surface area contributed by atoms with Gasteiger partial charge in [0.25, 0.3) is 0 Å². The number of aliphatic hydroxyl groups is 3. The molecular formula is C22H27ClO6. The van der Waals surface area contributed by atoms with Gasteiger partial charge in [0.1, 0.15) is 36.3 Å². The summed E-state index contributed by atoms with van der Waals surface area (Å²) in [4.78, 5) is 0. The molecule has 0 spiro atoms. The van der Waals surface area contributed by atoms with E-state index in [9.17, 15) is 15.3 Å². The Morgan fingerprint density at radius 2 is 1.72 bits per heavy atom. The van der Waals surface area contributed by atoms with Gasteiger partial charge in [-0.1, -0.05) is 35.9 Å². The molecule has 29 heavy (non-hydrogen) atoms. The fourth-order valence-electron chi connectivity index (χ4n) is 3.53. The van der Waals surface area contributed by atoms with Gasteiger partial charge < -0.3 is 29.5 Å².